The lowest BCUT2D eigenvalue weighted by Gasteiger charge is -2.02. The molecule has 3 aromatic rings. The molecule has 1 N–H and O–H groups in total. The van der Waals surface area contributed by atoms with Gasteiger partial charge < -0.3 is 5.11 Å². The Hall–Kier alpha value is -2.43. The molecule has 0 fully saturated rings. The van der Waals surface area contributed by atoms with Crippen LogP contribution in [0, 0.1) is 0 Å². The van der Waals surface area contributed by atoms with Crippen molar-refractivity contribution in [3.8, 4) is 17.1 Å². The van der Waals surface area contributed by atoms with Crippen molar-refractivity contribution in [3.63, 3.8) is 0 Å². The first-order valence-corrected chi connectivity index (χ1v) is 4.80. The van der Waals surface area contributed by atoms with E-state index >= 15 is 0 Å². The summed E-state index contributed by atoms with van der Waals surface area (Å²) < 4.78 is 1.42. The monoisotopic (exact) mass is 212 g/mol. The first kappa shape index (κ1) is 8.84. The molecule has 78 valence electrons. The molecule has 2 aromatic heterocycles. The van der Waals surface area contributed by atoms with Crippen LogP contribution in [0.1, 0.15) is 0 Å². The van der Waals surface area contributed by atoms with Gasteiger partial charge in [0.1, 0.15) is 6.33 Å². The van der Waals surface area contributed by atoms with E-state index in [-0.39, 0.29) is 5.88 Å². The average molecular weight is 212 g/mol. The molecule has 0 saturated carbocycles. The van der Waals surface area contributed by atoms with Crippen molar-refractivity contribution in [2.24, 2.45) is 0 Å². The summed E-state index contributed by atoms with van der Waals surface area (Å²) in [5.41, 5.74) is 1.61. The van der Waals surface area contributed by atoms with Crippen molar-refractivity contribution >= 4 is 5.78 Å². The molecule has 3 rings (SSSR count). The number of benzene rings is 1. The lowest BCUT2D eigenvalue weighted by molar-refractivity contribution is 0.445. The van der Waals surface area contributed by atoms with Crippen LogP contribution in [0.25, 0.3) is 17.0 Å². The van der Waals surface area contributed by atoms with Gasteiger partial charge in [-0.1, -0.05) is 30.3 Å². The second-order valence-corrected chi connectivity index (χ2v) is 3.37. The quantitative estimate of drug-likeness (QED) is 0.663. The minimum Gasteiger partial charge on any atom is -0.494 e. The second-order valence-electron chi connectivity index (χ2n) is 3.37. The smallest absolute Gasteiger partial charge is 0.258 e. The van der Waals surface area contributed by atoms with Crippen molar-refractivity contribution in [3.05, 3.63) is 42.7 Å². The molecule has 16 heavy (non-hydrogen) atoms. The van der Waals surface area contributed by atoms with Gasteiger partial charge in [0.2, 0.25) is 5.88 Å². The summed E-state index contributed by atoms with van der Waals surface area (Å²) in [4.78, 5) is 4.30. The molecular weight excluding hydrogens is 204 g/mol. The summed E-state index contributed by atoms with van der Waals surface area (Å²) in [5, 5.41) is 17.2. The minimum atomic E-state index is 0.0776. The highest BCUT2D eigenvalue weighted by Crippen LogP contribution is 2.21. The third-order valence-corrected chi connectivity index (χ3v) is 2.33. The van der Waals surface area contributed by atoms with Gasteiger partial charge in [-0.25, -0.2) is 9.38 Å². The first-order valence-electron chi connectivity index (χ1n) is 4.80. The topological polar surface area (TPSA) is 63.3 Å². The number of nitrogens with zero attached hydrogens (tertiary/aromatic N) is 4. The van der Waals surface area contributed by atoms with E-state index in [1.165, 1.54) is 10.7 Å². The van der Waals surface area contributed by atoms with Gasteiger partial charge in [0.15, 0.2) is 0 Å². The number of rotatable bonds is 1. The summed E-state index contributed by atoms with van der Waals surface area (Å²) in [6.45, 7) is 0. The third-order valence-electron chi connectivity index (χ3n) is 2.33. The van der Waals surface area contributed by atoms with Gasteiger partial charge >= 0.3 is 0 Å². The van der Waals surface area contributed by atoms with Crippen LogP contribution in [0.3, 0.4) is 0 Å². The Balaban J connectivity index is 2.25. The van der Waals surface area contributed by atoms with E-state index in [0.29, 0.717) is 11.5 Å². The fourth-order valence-corrected chi connectivity index (χ4v) is 1.56. The van der Waals surface area contributed by atoms with E-state index in [4.69, 9.17) is 0 Å². The maximum Gasteiger partial charge on any atom is 0.258 e. The Kier molecular flexibility index (Phi) is 1.83. The molecule has 5 heteroatoms. The zero-order valence-corrected chi connectivity index (χ0v) is 8.28. The highest BCUT2D eigenvalue weighted by Gasteiger charge is 2.06. The number of fused-ring (bicyclic) bond motifs is 1. The van der Waals surface area contributed by atoms with E-state index in [2.05, 4.69) is 15.2 Å². The van der Waals surface area contributed by atoms with Crippen LogP contribution in [-0.4, -0.2) is 24.7 Å². The first-order chi connectivity index (χ1) is 7.84. The Labute approximate surface area is 91.0 Å². The molecule has 0 aliphatic rings. The lowest BCUT2D eigenvalue weighted by atomic mass is 10.1. The molecule has 1 aromatic carbocycles. The summed E-state index contributed by atoms with van der Waals surface area (Å²) in [6.07, 6.45) is 1.42. The summed E-state index contributed by atoms with van der Waals surface area (Å²) in [5.74, 6) is 0.465. The standard InChI is InChI=1S/C11H8N4O/c16-10-6-9(8-4-2-1-3-5-8)13-11-14-12-7-15(10)11/h1-7,16H. The molecule has 5 nitrogen and oxygen atoms in total. The van der Waals surface area contributed by atoms with Crippen LogP contribution in [0.4, 0.5) is 0 Å². The van der Waals surface area contributed by atoms with Gasteiger partial charge in [0.05, 0.1) is 5.69 Å². The lowest BCUT2D eigenvalue weighted by Crippen LogP contribution is -1.91. The maximum absolute atomic E-state index is 9.75. The van der Waals surface area contributed by atoms with Crippen molar-refractivity contribution in [2.45, 2.75) is 0 Å². The number of hydrogen-bond acceptors (Lipinski definition) is 4. The molecule has 0 bridgehead atoms. The number of aromatic nitrogens is 4. The number of hydrogen-bond donors (Lipinski definition) is 1. The van der Waals surface area contributed by atoms with Crippen LogP contribution in [0.2, 0.25) is 0 Å². The third kappa shape index (κ3) is 1.30. The Morgan fingerprint density at radius 3 is 2.75 bits per heavy atom. The van der Waals surface area contributed by atoms with E-state index in [0.717, 1.165) is 5.56 Å². The Morgan fingerprint density at radius 2 is 1.94 bits per heavy atom. The highest BCUT2D eigenvalue weighted by atomic mass is 16.3. The zero-order valence-electron chi connectivity index (χ0n) is 8.28. The highest BCUT2D eigenvalue weighted by molar-refractivity contribution is 5.61. The SMILES string of the molecule is Oc1cc(-c2ccccc2)nc2nncn12. The van der Waals surface area contributed by atoms with Crippen molar-refractivity contribution < 1.29 is 5.11 Å². The van der Waals surface area contributed by atoms with E-state index < -0.39 is 0 Å². The van der Waals surface area contributed by atoms with Gasteiger partial charge in [-0.2, -0.15) is 0 Å². The van der Waals surface area contributed by atoms with Crippen LogP contribution < -0.4 is 0 Å². The molecule has 2 heterocycles. The van der Waals surface area contributed by atoms with Crippen LogP contribution in [-0.2, 0) is 0 Å². The van der Waals surface area contributed by atoms with Crippen LogP contribution in [0.5, 0.6) is 5.88 Å². The predicted octanol–water partition coefficient (Wildman–Crippen LogP) is 1.50. The molecule has 0 unspecified atom stereocenters. The van der Waals surface area contributed by atoms with E-state index in [1.807, 2.05) is 30.3 Å². The second kappa shape index (κ2) is 3.30. The Morgan fingerprint density at radius 1 is 1.12 bits per heavy atom. The molecule has 0 saturated heterocycles. The molecule has 0 atom stereocenters. The molecule has 0 radical (unpaired) electrons. The fraction of sp³-hybridized carbons (Fsp3) is 0. The Bertz CT molecular complexity index is 633. The molecular formula is C11H8N4O. The largest absolute Gasteiger partial charge is 0.494 e. The minimum absolute atomic E-state index is 0.0776. The molecule has 0 spiro atoms. The molecule has 0 aliphatic heterocycles. The predicted molar refractivity (Wildman–Crippen MR) is 57.9 cm³/mol. The zero-order chi connectivity index (χ0) is 11.0. The van der Waals surface area contributed by atoms with E-state index in [9.17, 15) is 5.11 Å². The molecule has 0 aliphatic carbocycles. The normalized spacial score (nSPS) is 10.8. The summed E-state index contributed by atoms with van der Waals surface area (Å²) in [7, 11) is 0. The van der Waals surface area contributed by atoms with Crippen molar-refractivity contribution in [1.82, 2.24) is 19.6 Å². The number of aromatic hydroxyl groups is 1. The van der Waals surface area contributed by atoms with E-state index in [1.54, 1.807) is 6.07 Å². The summed E-state index contributed by atoms with van der Waals surface area (Å²) in [6, 6.07) is 11.2. The average Bonchev–Trinajstić information content (AvgIpc) is 2.79. The van der Waals surface area contributed by atoms with Gasteiger partial charge in [0.25, 0.3) is 5.78 Å². The van der Waals surface area contributed by atoms with Crippen molar-refractivity contribution in [1.29, 1.82) is 0 Å². The van der Waals surface area contributed by atoms with Gasteiger partial charge in [-0.05, 0) is 0 Å². The summed E-state index contributed by atoms with van der Waals surface area (Å²) >= 11 is 0. The maximum atomic E-state index is 9.75. The van der Waals surface area contributed by atoms with Crippen LogP contribution >= 0.6 is 0 Å². The molecule has 0 amide bonds. The van der Waals surface area contributed by atoms with Crippen LogP contribution in [0.15, 0.2) is 42.7 Å². The van der Waals surface area contributed by atoms with Gasteiger partial charge in [0, 0.05) is 11.6 Å². The van der Waals surface area contributed by atoms with Gasteiger partial charge in [-0.15, -0.1) is 10.2 Å². The van der Waals surface area contributed by atoms with Gasteiger partial charge in [-0.3, -0.25) is 0 Å². The fourth-order valence-electron chi connectivity index (χ4n) is 1.56. The van der Waals surface area contributed by atoms with Crippen molar-refractivity contribution in [2.75, 3.05) is 0 Å².